The minimum Gasteiger partial charge on any atom is -0.464 e. The van der Waals surface area contributed by atoms with Crippen LogP contribution in [0.1, 0.15) is 24.5 Å². The Morgan fingerprint density at radius 2 is 1.82 bits per heavy atom. The van der Waals surface area contributed by atoms with Crippen LogP contribution in [0.5, 0.6) is 0 Å². The van der Waals surface area contributed by atoms with Gasteiger partial charge in [0.25, 0.3) is 0 Å². The van der Waals surface area contributed by atoms with Crippen molar-refractivity contribution >= 4 is 11.6 Å². The van der Waals surface area contributed by atoms with Gasteiger partial charge in [-0.25, -0.2) is 0 Å². The maximum atomic E-state index is 11.4. The van der Waals surface area contributed by atoms with E-state index in [4.69, 9.17) is 16.0 Å². The Bertz CT molecular complexity index is 750. The molecule has 0 fully saturated rings. The fourth-order valence-corrected chi connectivity index (χ4v) is 2.94. The van der Waals surface area contributed by atoms with E-state index in [0.717, 1.165) is 22.5 Å². The predicted octanol–water partition coefficient (Wildman–Crippen LogP) is 5.25. The number of halogens is 1. The molecule has 3 rings (SSSR count). The molecule has 0 saturated heterocycles. The lowest BCUT2D eigenvalue weighted by molar-refractivity contribution is 0.0770. The topological polar surface area (TPSA) is 33.4 Å². The first-order valence-corrected chi connectivity index (χ1v) is 7.65. The van der Waals surface area contributed by atoms with Crippen molar-refractivity contribution in [3.8, 4) is 11.3 Å². The van der Waals surface area contributed by atoms with Crippen LogP contribution in [-0.2, 0) is 5.60 Å². The summed E-state index contributed by atoms with van der Waals surface area (Å²) in [4.78, 5) is 0. The van der Waals surface area contributed by atoms with Crippen molar-refractivity contribution in [2.24, 2.45) is 0 Å². The molecule has 0 aliphatic rings. The molecule has 1 atom stereocenters. The molecule has 0 aliphatic heterocycles. The highest BCUT2D eigenvalue weighted by Crippen LogP contribution is 2.40. The molecule has 1 heterocycles. The Morgan fingerprint density at radius 1 is 1.05 bits per heavy atom. The highest BCUT2D eigenvalue weighted by molar-refractivity contribution is 6.30. The molecule has 1 aromatic heterocycles. The second-order valence-electron chi connectivity index (χ2n) is 5.25. The average molecular weight is 313 g/mol. The Kier molecular flexibility index (Phi) is 4.06. The molecule has 3 aromatic rings. The number of benzene rings is 2. The summed E-state index contributed by atoms with van der Waals surface area (Å²) in [6, 6.07) is 18.9. The summed E-state index contributed by atoms with van der Waals surface area (Å²) in [6.45, 7) is 1.96. The molecular formula is C19H17ClO2. The summed E-state index contributed by atoms with van der Waals surface area (Å²) >= 11 is 6.19. The van der Waals surface area contributed by atoms with Crippen LogP contribution in [0, 0.1) is 0 Å². The van der Waals surface area contributed by atoms with Crippen LogP contribution in [-0.4, -0.2) is 5.11 Å². The Hall–Kier alpha value is -2.03. The van der Waals surface area contributed by atoms with Gasteiger partial charge >= 0.3 is 0 Å². The van der Waals surface area contributed by atoms with Crippen molar-refractivity contribution in [1.29, 1.82) is 0 Å². The first kappa shape index (κ1) is 14.9. The third-order valence-electron chi connectivity index (χ3n) is 3.98. The summed E-state index contributed by atoms with van der Waals surface area (Å²) in [6.07, 6.45) is 2.16. The zero-order chi connectivity index (χ0) is 15.6. The lowest BCUT2D eigenvalue weighted by Gasteiger charge is -2.30. The van der Waals surface area contributed by atoms with E-state index in [2.05, 4.69) is 0 Å². The molecule has 112 valence electrons. The van der Waals surface area contributed by atoms with Gasteiger partial charge in [-0.05, 0) is 42.3 Å². The quantitative estimate of drug-likeness (QED) is 0.714. The molecule has 2 aromatic carbocycles. The molecule has 0 radical (unpaired) electrons. The molecule has 1 unspecified atom stereocenters. The normalized spacial score (nSPS) is 13.8. The van der Waals surface area contributed by atoms with Gasteiger partial charge in [-0.2, -0.15) is 0 Å². The molecule has 22 heavy (non-hydrogen) atoms. The maximum Gasteiger partial charge on any atom is 0.134 e. The summed E-state index contributed by atoms with van der Waals surface area (Å²) in [5.41, 5.74) is 1.33. The van der Waals surface area contributed by atoms with E-state index < -0.39 is 5.60 Å². The smallest absolute Gasteiger partial charge is 0.134 e. The van der Waals surface area contributed by atoms with Crippen LogP contribution in [0.15, 0.2) is 71.3 Å². The predicted molar refractivity (Wildman–Crippen MR) is 88.9 cm³/mol. The van der Waals surface area contributed by atoms with Gasteiger partial charge < -0.3 is 9.52 Å². The van der Waals surface area contributed by atoms with Gasteiger partial charge in [-0.1, -0.05) is 48.9 Å². The standard InChI is InChI=1S/C19H17ClO2/c1-2-19(21,14-7-4-3-5-8-14)17-13-15(20)10-11-16(17)18-9-6-12-22-18/h3-13,21H,2H2,1H3. The number of hydrogen-bond acceptors (Lipinski definition) is 2. The molecule has 0 spiro atoms. The van der Waals surface area contributed by atoms with Crippen LogP contribution >= 0.6 is 11.6 Å². The Balaban J connectivity index is 2.23. The minimum absolute atomic E-state index is 0.533. The van der Waals surface area contributed by atoms with Crippen molar-refractivity contribution in [2.45, 2.75) is 18.9 Å². The molecule has 2 nitrogen and oxygen atoms in total. The average Bonchev–Trinajstić information content (AvgIpc) is 3.09. The van der Waals surface area contributed by atoms with Gasteiger partial charge in [0.2, 0.25) is 0 Å². The lowest BCUT2D eigenvalue weighted by Crippen LogP contribution is -2.27. The van der Waals surface area contributed by atoms with Crippen molar-refractivity contribution in [2.75, 3.05) is 0 Å². The molecule has 0 aliphatic carbocycles. The first-order chi connectivity index (χ1) is 10.6. The van der Waals surface area contributed by atoms with E-state index in [1.807, 2.05) is 67.6 Å². The van der Waals surface area contributed by atoms with Gasteiger partial charge in [-0.15, -0.1) is 0 Å². The van der Waals surface area contributed by atoms with Crippen LogP contribution < -0.4 is 0 Å². The maximum absolute atomic E-state index is 11.4. The molecule has 0 bridgehead atoms. The van der Waals surface area contributed by atoms with E-state index in [0.29, 0.717) is 11.4 Å². The van der Waals surface area contributed by atoms with Crippen molar-refractivity contribution in [3.63, 3.8) is 0 Å². The van der Waals surface area contributed by atoms with E-state index >= 15 is 0 Å². The van der Waals surface area contributed by atoms with Gasteiger partial charge in [0.1, 0.15) is 11.4 Å². The summed E-state index contributed by atoms with van der Waals surface area (Å²) in [7, 11) is 0. The zero-order valence-corrected chi connectivity index (χ0v) is 13.0. The van der Waals surface area contributed by atoms with Gasteiger partial charge in [0.15, 0.2) is 0 Å². The lowest BCUT2D eigenvalue weighted by atomic mass is 9.81. The van der Waals surface area contributed by atoms with E-state index in [-0.39, 0.29) is 0 Å². The zero-order valence-electron chi connectivity index (χ0n) is 12.3. The van der Waals surface area contributed by atoms with Crippen molar-refractivity contribution in [3.05, 3.63) is 83.1 Å². The summed E-state index contributed by atoms with van der Waals surface area (Å²) in [5, 5.41) is 12.0. The third kappa shape index (κ3) is 2.56. The monoisotopic (exact) mass is 312 g/mol. The largest absolute Gasteiger partial charge is 0.464 e. The molecule has 1 N–H and O–H groups in total. The van der Waals surface area contributed by atoms with Crippen LogP contribution in [0.2, 0.25) is 5.02 Å². The Morgan fingerprint density at radius 3 is 2.45 bits per heavy atom. The van der Waals surface area contributed by atoms with Crippen LogP contribution in [0.25, 0.3) is 11.3 Å². The number of hydrogen-bond donors (Lipinski definition) is 1. The van der Waals surface area contributed by atoms with Crippen molar-refractivity contribution in [1.82, 2.24) is 0 Å². The Labute approximate surface area is 135 Å². The van der Waals surface area contributed by atoms with E-state index in [1.165, 1.54) is 0 Å². The highest BCUT2D eigenvalue weighted by Gasteiger charge is 2.32. The fourth-order valence-electron chi connectivity index (χ4n) is 2.77. The van der Waals surface area contributed by atoms with Crippen LogP contribution in [0.3, 0.4) is 0 Å². The fraction of sp³-hybridized carbons (Fsp3) is 0.158. The van der Waals surface area contributed by atoms with Crippen LogP contribution in [0.4, 0.5) is 0 Å². The second-order valence-corrected chi connectivity index (χ2v) is 5.68. The van der Waals surface area contributed by atoms with Gasteiger partial charge in [0.05, 0.1) is 6.26 Å². The molecule has 3 heteroatoms. The number of furan rings is 1. The molecule has 0 saturated carbocycles. The molecular weight excluding hydrogens is 296 g/mol. The highest BCUT2D eigenvalue weighted by atomic mass is 35.5. The third-order valence-corrected chi connectivity index (χ3v) is 4.21. The summed E-state index contributed by atoms with van der Waals surface area (Å²) < 4.78 is 5.52. The minimum atomic E-state index is -1.12. The van der Waals surface area contributed by atoms with Gasteiger partial charge in [0, 0.05) is 16.1 Å². The summed E-state index contributed by atoms with van der Waals surface area (Å²) in [5.74, 6) is 0.717. The van der Waals surface area contributed by atoms with E-state index in [1.54, 1.807) is 6.26 Å². The molecule has 0 amide bonds. The second kappa shape index (κ2) is 5.99. The first-order valence-electron chi connectivity index (χ1n) is 7.27. The van der Waals surface area contributed by atoms with Gasteiger partial charge in [-0.3, -0.25) is 0 Å². The number of rotatable bonds is 4. The SMILES string of the molecule is CCC(O)(c1ccccc1)c1cc(Cl)ccc1-c1ccco1. The van der Waals surface area contributed by atoms with Crippen molar-refractivity contribution < 1.29 is 9.52 Å². The van der Waals surface area contributed by atoms with E-state index in [9.17, 15) is 5.11 Å². The number of aliphatic hydroxyl groups is 1.